The highest BCUT2D eigenvalue weighted by molar-refractivity contribution is 6.60. The van der Waals surface area contributed by atoms with Crippen LogP contribution < -0.4 is 0 Å². The van der Waals surface area contributed by atoms with E-state index in [2.05, 4.69) is 41.7 Å². The van der Waals surface area contributed by atoms with Crippen LogP contribution in [0.4, 0.5) is 0 Å². The standard InChI is InChI=1S/C36H78NO3Si/c1-7-12-14-16-18-20-22-24-26-28-30-33-37(6,34-31-29-27-25-23-21-19-17-15-13-8-2)35-32-36-41(38-9-3,39-10-4)40-11-5/h7-36H2,1-6H3/q+1. The van der Waals surface area contributed by atoms with Gasteiger partial charge in [0.1, 0.15) is 0 Å². The van der Waals surface area contributed by atoms with Crippen LogP contribution in [0.2, 0.25) is 6.04 Å². The number of rotatable bonds is 34. The van der Waals surface area contributed by atoms with E-state index in [4.69, 9.17) is 13.3 Å². The van der Waals surface area contributed by atoms with Crippen molar-refractivity contribution in [2.45, 2.75) is 188 Å². The van der Waals surface area contributed by atoms with Gasteiger partial charge in [0.2, 0.25) is 0 Å². The molecule has 0 aromatic rings. The normalized spacial score (nSPS) is 12.4. The van der Waals surface area contributed by atoms with Gasteiger partial charge in [-0.3, -0.25) is 0 Å². The zero-order chi connectivity index (χ0) is 30.3. The minimum atomic E-state index is -2.54. The number of nitrogens with zero attached hydrogens (tertiary/aromatic N) is 1. The monoisotopic (exact) mass is 601 g/mol. The van der Waals surface area contributed by atoms with Gasteiger partial charge in [-0.05, 0) is 46.5 Å². The van der Waals surface area contributed by atoms with Crippen LogP contribution in [0.15, 0.2) is 0 Å². The molecular weight excluding hydrogens is 522 g/mol. The van der Waals surface area contributed by atoms with Crippen molar-refractivity contribution in [3.8, 4) is 0 Å². The van der Waals surface area contributed by atoms with E-state index < -0.39 is 8.80 Å². The molecule has 0 atom stereocenters. The first kappa shape index (κ1) is 41.1. The molecule has 5 heteroatoms. The van der Waals surface area contributed by atoms with Gasteiger partial charge in [-0.1, -0.05) is 129 Å². The lowest BCUT2D eigenvalue weighted by molar-refractivity contribution is -0.910. The van der Waals surface area contributed by atoms with E-state index in [1.165, 1.54) is 165 Å². The Balaban J connectivity index is 4.52. The van der Waals surface area contributed by atoms with E-state index in [0.29, 0.717) is 19.8 Å². The summed E-state index contributed by atoms with van der Waals surface area (Å²) in [6.07, 6.45) is 32.4. The summed E-state index contributed by atoms with van der Waals surface area (Å²) in [6, 6.07) is 0.951. The summed E-state index contributed by atoms with van der Waals surface area (Å²) in [5, 5.41) is 0. The Morgan fingerprint density at radius 3 is 0.927 bits per heavy atom. The Hall–Kier alpha value is 0.0569. The second-order valence-corrected chi connectivity index (χ2v) is 15.7. The van der Waals surface area contributed by atoms with Crippen LogP contribution in [0.3, 0.4) is 0 Å². The summed E-state index contributed by atoms with van der Waals surface area (Å²) in [4.78, 5) is 0. The van der Waals surface area contributed by atoms with Gasteiger partial charge in [-0.15, -0.1) is 0 Å². The molecule has 248 valence electrons. The topological polar surface area (TPSA) is 27.7 Å². The summed E-state index contributed by atoms with van der Waals surface area (Å²) in [7, 11) is -0.0152. The highest BCUT2D eigenvalue weighted by Gasteiger charge is 2.40. The first-order valence-electron chi connectivity index (χ1n) is 18.8. The van der Waals surface area contributed by atoms with Crippen molar-refractivity contribution in [3.05, 3.63) is 0 Å². The Morgan fingerprint density at radius 1 is 0.366 bits per heavy atom. The van der Waals surface area contributed by atoms with Gasteiger partial charge in [0.05, 0.1) is 26.7 Å². The predicted octanol–water partition coefficient (Wildman–Crippen LogP) is 11.5. The van der Waals surface area contributed by atoms with E-state index in [0.717, 1.165) is 12.5 Å². The zero-order valence-electron chi connectivity index (χ0n) is 29.4. The van der Waals surface area contributed by atoms with E-state index in [1.807, 2.05) is 0 Å². The van der Waals surface area contributed by atoms with Crippen LogP contribution in [0.5, 0.6) is 0 Å². The van der Waals surface area contributed by atoms with Crippen LogP contribution in [0, 0.1) is 0 Å². The van der Waals surface area contributed by atoms with Gasteiger partial charge < -0.3 is 17.8 Å². The lowest BCUT2D eigenvalue weighted by Crippen LogP contribution is -2.49. The molecule has 41 heavy (non-hydrogen) atoms. The molecule has 4 nitrogen and oxygen atoms in total. The minimum Gasteiger partial charge on any atom is -0.374 e. The molecule has 0 aliphatic rings. The van der Waals surface area contributed by atoms with Gasteiger partial charge >= 0.3 is 8.80 Å². The predicted molar refractivity (Wildman–Crippen MR) is 184 cm³/mol. The fourth-order valence-electron chi connectivity index (χ4n) is 6.33. The fraction of sp³-hybridized carbons (Fsp3) is 1.00. The van der Waals surface area contributed by atoms with Crippen LogP contribution in [-0.4, -0.2) is 59.8 Å². The third-order valence-electron chi connectivity index (χ3n) is 8.88. The number of quaternary nitrogens is 1. The van der Waals surface area contributed by atoms with E-state index in [9.17, 15) is 0 Å². The van der Waals surface area contributed by atoms with Gasteiger partial charge in [0, 0.05) is 32.3 Å². The van der Waals surface area contributed by atoms with Crippen molar-refractivity contribution in [2.24, 2.45) is 0 Å². The third kappa shape index (κ3) is 25.1. The summed E-state index contributed by atoms with van der Waals surface area (Å²) < 4.78 is 19.7. The molecule has 0 spiro atoms. The smallest absolute Gasteiger partial charge is 0.374 e. The van der Waals surface area contributed by atoms with Crippen molar-refractivity contribution >= 4 is 8.80 Å². The molecular formula is C36H78NO3Si+. The van der Waals surface area contributed by atoms with E-state index >= 15 is 0 Å². The number of unbranched alkanes of at least 4 members (excludes halogenated alkanes) is 20. The molecule has 0 aliphatic carbocycles. The molecule has 0 aromatic heterocycles. The van der Waals surface area contributed by atoms with E-state index in [1.54, 1.807) is 0 Å². The Morgan fingerprint density at radius 2 is 0.634 bits per heavy atom. The Bertz CT molecular complexity index is 476. The summed E-state index contributed by atoms with van der Waals surface area (Å²) in [5.74, 6) is 0. The molecule has 0 fully saturated rings. The van der Waals surface area contributed by atoms with Crippen LogP contribution >= 0.6 is 0 Å². The highest BCUT2D eigenvalue weighted by atomic mass is 28.4. The molecule has 0 radical (unpaired) electrons. The summed E-state index contributed by atoms with van der Waals surface area (Å²) >= 11 is 0. The first-order chi connectivity index (χ1) is 20.0. The number of hydrogen-bond donors (Lipinski definition) is 0. The van der Waals surface area contributed by atoms with Crippen LogP contribution in [0.1, 0.15) is 182 Å². The van der Waals surface area contributed by atoms with Crippen LogP contribution in [0.25, 0.3) is 0 Å². The van der Waals surface area contributed by atoms with Crippen molar-refractivity contribution < 1.29 is 17.8 Å². The maximum atomic E-state index is 6.16. The molecule has 0 amide bonds. The first-order valence-corrected chi connectivity index (χ1v) is 20.7. The SMILES string of the molecule is CCCCCCCCCCCCC[N+](C)(CCCCCCCCCCCCC)CCC[Si](OCC)(OCC)OCC. The van der Waals surface area contributed by atoms with Crippen molar-refractivity contribution in [1.82, 2.24) is 0 Å². The van der Waals surface area contributed by atoms with Gasteiger partial charge in [-0.2, -0.15) is 0 Å². The number of hydrogen-bond acceptors (Lipinski definition) is 3. The molecule has 0 saturated heterocycles. The quantitative estimate of drug-likeness (QED) is 0.0418. The average Bonchev–Trinajstić information content (AvgIpc) is 2.95. The second kappa shape index (κ2) is 30.1. The average molecular weight is 601 g/mol. The Labute approximate surface area is 261 Å². The molecule has 0 bridgehead atoms. The second-order valence-electron chi connectivity index (χ2n) is 12.9. The minimum absolute atomic E-state index is 0.676. The largest absolute Gasteiger partial charge is 0.501 e. The molecule has 0 unspecified atom stereocenters. The van der Waals surface area contributed by atoms with Crippen molar-refractivity contribution in [2.75, 3.05) is 46.5 Å². The van der Waals surface area contributed by atoms with Gasteiger partial charge in [0.25, 0.3) is 0 Å². The fourth-order valence-corrected chi connectivity index (χ4v) is 8.92. The zero-order valence-corrected chi connectivity index (χ0v) is 30.4. The lowest BCUT2D eigenvalue weighted by Gasteiger charge is -2.36. The lowest BCUT2D eigenvalue weighted by atomic mass is 10.0. The third-order valence-corrected chi connectivity index (χ3v) is 12.0. The molecule has 0 heterocycles. The Kier molecular flexibility index (Phi) is 30.1. The van der Waals surface area contributed by atoms with Crippen molar-refractivity contribution in [3.63, 3.8) is 0 Å². The van der Waals surface area contributed by atoms with E-state index in [-0.39, 0.29) is 0 Å². The molecule has 0 rings (SSSR count). The van der Waals surface area contributed by atoms with Crippen LogP contribution in [-0.2, 0) is 13.3 Å². The molecule has 0 N–H and O–H groups in total. The maximum absolute atomic E-state index is 6.16. The summed E-state index contributed by atoms with van der Waals surface area (Å²) in [6.45, 7) is 16.7. The van der Waals surface area contributed by atoms with Gasteiger partial charge in [0.15, 0.2) is 0 Å². The maximum Gasteiger partial charge on any atom is 0.501 e. The van der Waals surface area contributed by atoms with Crippen molar-refractivity contribution in [1.29, 1.82) is 0 Å². The summed E-state index contributed by atoms with van der Waals surface area (Å²) in [5.41, 5.74) is 0. The molecule has 0 saturated carbocycles. The van der Waals surface area contributed by atoms with Gasteiger partial charge in [-0.25, -0.2) is 0 Å². The molecule has 0 aromatic carbocycles. The molecule has 0 aliphatic heterocycles. The highest BCUT2D eigenvalue weighted by Crippen LogP contribution is 2.22.